The summed E-state index contributed by atoms with van der Waals surface area (Å²) < 4.78 is 0. The van der Waals surface area contributed by atoms with Crippen LogP contribution in [-0.4, -0.2) is 11.1 Å². The van der Waals surface area contributed by atoms with Crippen LogP contribution in [0.15, 0.2) is 12.2 Å². The molecule has 3 unspecified atom stereocenters. The van der Waals surface area contributed by atoms with E-state index in [1.54, 1.807) is 0 Å². The maximum absolute atomic E-state index is 10.4. The molecule has 0 bridgehead atoms. The predicted molar refractivity (Wildman–Crippen MR) is 142 cm³/mol. The lowest BCUT2D eigenvalue weighted by Crippen LogP contribution is -2.01. The minimum absolute atomic E-state index is 0.291. The Bertz CT molecular complexity index is 440. The lowest BCUT2D eigenvalue weighted by molar-refractivity contribution is -0.137. The summed E-state index contributed by atoms with van der Waals surface area (Å²) in [4.78, 5) is 10.4. The quantitative estimate of drug-likeness (QED) is 0.124. The number of rotatable bonds is 23. The molecule has 0 heterocycles. The molecule has 0 radical (unpaired) electrons. The van der Waals surface area contributed by atoms with Crippen LogP contribution in [0.3, 0.4) is 0 Å². The van der Waals surface area contributed by atoms with Gasteiger partial charge in [0.15, 0.2) is 0 Å². The van der Waals surface area contributed by atoms with E-state index in [1.807, 2.05) is 0 Å². The van der Waals surface area contributed by atoms with Gasteiger partial charge in [-0.25, -0.2) is 0 Å². The third-order valence-corrected chi connectivity index (χ3v) is 7.01. The van der Waals surface area contributed by atoms with Crippen LogP contribution in [0.5, 0.6) is 0 Å². The minimum atomic E-state index is -0.685. The van der Waals surface area contributed by atoms with E-state index in [9.17, 15) is 4.79 Å². The maximum Gasteiger partial charge on any atom is 0.303 e. The van der Waals surface area contributed by atoms with Gasteiger partial charge in [-0.05, 0) is 49.4 Å². The van der Waals surface area contributed by atoms with Crippen LogP contribution < -0.4 is 0 Å². The van der Waals surface area contributed by atoms with Gasteiger partial charge in [0.2, 0.25) is 0 Å². The number of aliphatic carboxylic acids is 1. The molecule has 0 saturated heterocycles. The van der Waals surface area contributed by atoms with Crippen molar-refractivity contribution in [1.82, 2.24) is 0 Å². The zero-order valence-electron chi connectivity index (χ0n) is 22.5. The van der Waals surface area contributed by atoms with E-state index in [4.69, 9.17) is 5.11 Å². The summed E-state index contributed by atoms with van der Waals surface area (Å²) in [6.07, 6.45) is 27.0. The van der Waals surface area contributed by atoms with Crippen molar-refractivity contribution >= 4 is 5.97 Å². The fraction of sp³-hybridized carbons (Fsp3) is 0.900. The van der Waals surface area contributed by atoms with E-state index in [-0.39, 0.29) is 0 Å². The second-order valence-corrected chi connectivity index (χ2v) is 11.3. The SMILES string of the molecule is CC(C)CCCC(C)CCCC(C)CCCC(C)CCCCCC/C=C\CCCC(=O)O. The van der Waals surface area contributed by atoms with E-state index < -0.39 is 5.97 Å². The normalized spacial score (nSPS) is 14.8. The van der Waals surface area contributed by atoms with Crippen molar-refractivity contribution in [2.45, 2.75) is 150 Å². The summed E-state index contributed by atoms with van der Waals surface area (Å²) in [5.74, 6) is 2.89. The number of hydrogen-bond donors (Lipinski definition) is 1. The van der Waals surface area contributed by atoms with Crippen LogP contribution in [0.25, 0.3) is 0 Å². The van der Waals surface area contributed by atoms with Gasteiger partial charge in [-0.3, -0.25) is 4.79 Å². The van der Waals surface area contributed by atoms with Gasteiger partial charge in [-0.2, -0.15) is 0 Å². The van der Waals surface area contributed by atoms with Gasteiger partial charge in [0.25, 0.3) is 0 Å². The molecule has 1 N–H and O–H groups in total. The molecular weight excluding hydrogens is 392 g/mol. The number of carboxylic acids is 1. The zero-order chi connectivity index (χ0) is 24.0. The van der Waals surface area contributed by atoms with Crippen LogP contribution in [-0.2, 0) is 4.79 Å². The average Bonchev–Trinajstić information content (AvgIpc) is 2.71. The first-order valence-electron chi connectivity index (χ1n) is 14.2. The monoisotopic (exact) mass is 450 g/mol. The van der Waals surface area contributed by atoms with E-state index >= 15 is 0 Å². The highest BCUT2D eigenvalue weighted by atomic mass is 16.4. The van der Waals surface area contributed by atoms with Crippen molar-refractivity contribution in [1.29, 1.82) is 0 Å². The third-order valence-electron chi connectivity index (χ3n) is 7.01. The Morgan fingerprint density at radius 1 is 0.562 bits per heavy atom. The van der Waals surface area contributed by atoms with E-state index in [1.165, 1.54) is 89.9 Å². The molecule has 0 aromatic heterocycles. The highest BCUT2D eigenvalue weighted by molar-refractivity contribution is 5.66. The smallest absolute Gasteiger partial charge is 0.303 e. The van der Waals surface area contributed by atoms with Gasteiger partial charge in [0.1, 0.15) is 0 Å². The Morgan fingerprint density at radius 2 is 0.969 bits per heavy atom. The molecule has 2 nitrogen and oxygen atoms in total. The van der Waals surface area contributed by atoms with E-state index in [2.05, 4.69) is 46.8 Å². The van der Waals surface area contributed by atoms with Crippen LogP contribution >= 0.6 is 0 Å². The maximum atomic E-state index is 10.4. The molecule has 0 spiro atoms. The Kier molecular flexibility index (Phi) is 21.5. The van der Waals surface area contributed by atoms with E-state index in [0.29, 0.717) is 6.42 Å². The summed E-state index contributed by atoms with van der Waals surface area (Å²) in [6.45, 7) is 12.0. The number of allylic oxidation sites excluding steroid dienone is 2. The van der Waals surface area contributed by atoms with Gasteiger partial charge >= 0.3 is 5.97 Å². The second kappa shape index (κ2) is 22.0. The van der Waals surface area contributed by atoms with Gasteiger partial charge in [0.05, 0.1) is 0 Å². The molecule has 0 aromatic rings. The highest BCUT2D eigenvalue weighted by Gasteiger charge is 2.08. The van der Waals surface area contributed by atoms with E-state index in [0.717, 1.165) is 42.9 Å². The molecule has 0 aromatic carbocycles. The number of carbonyl (C=O) groups is 1. The highest BCUT2D eigenvalue weighted by Crippen LogP contribution is 2.23. The van der Waals surface area contributed by atoms with Crippen molar-refractivity contribution in [3.05, 3.63) is 12.2 Å². The van der Waals surface area contributed by atoms with Gasteiger partial charge in [-0.1, -0.05) is 130 Å². The molecule has 0 saturated carbocycles. The molecule has 0 rings (SSSR count). The first-order chi connectivity index (χ1) is 15.3. The molecule has 190 valence electrons. The summed E-state index contributed by atoms with van der Waals surface area (Å²) in [7, 11) is 0. The summed E-state index contributed by atoms with van der Waals surface area (Å²) in [5.41, 5.74) is 0. The number of hydrogen-bond acceptors (Lipinski definition) is 1. The topological polar surface area (TPSA) is 37.3 Å². The van der Waals surface area contributed by atoms with Gasteiger partial charge in [0, 0.05) is 6.42 Å². The van der Waals surface area contributed by atoms with Crippen molar-refractivity contribution < 1.29 is 9.90 Å². The van der Waals surface area contributed by atoms with Crippen LogP contribution in [0.4, 0.5) is 0 Å². The van der Waals surface area contributed by atoms with Gasteiger partial charge < -0.3 is 5.11 Å². The number of carboxylic acid groups (broad SMARTS) is 1. The lowest BCUT2D eigenvalue weighted by Gasteiger charge is -2.16. The molecular formula is C30H58O2. The van der Waals surface area contributed by atoms with Crippen molar-refractivity contribution in [2.24, 2.45) is 23.7 Å². The molecule has 0 amide bonds. The lowest BCUT2D eigenvalue weighted by atomic mass is 9.90. The zero-order valence-corrected chi connectivity index (χ0v) is 22.5. The molecule has 32 heavy (non-hydrogen) atoms. The Morgan fingerprint density at radius 3 is 1.44 bits per heavy atom. The Balaban J connectivity index is 3.46. The first-order valence-corrected chi connectivity index (χ1v) is 14.2. The standard InChI is InChI=1S/C30H58O2/c1-26(2)18-15-20-28(4)22-17-24-29(5)23-16-21-27(3)19-13-11-9-7-6-8-10-12-14-25-30(31)32/h8,10,26-29H,6-7,9,11-25H2,1-5H3,(H,31,32)/b10-8-. The molecule has 0 fully saturated rings. The summed E-state index contributed by atoms with van der Waals surface area (Å²) in [5, 5.41) is 8.60. The molecule has 0 aliphatic rings. The molecule has 2 heteroatoms. The fourth-order valence-corrected chi connectivity index (χ4v) is 4.65. The average molecular weight is 451 g/mol. The molecule has 3 atom stereocenters. The number of unbranched alkanes of at least 4 members (excludes halogenated alkanes) is 5. The second-order valence-electron chi connectivity index (χ2n) is 11.3. The van der Waals surface area contributed by atoms with Crippen molar-refractivity contribution in [3.8, 4) is 0 Å². The molecule has 0 aliphatic heterocycles. The Hall–Kier alpha value is -0.790. The summed E-state index contributed by atoms with van der Waals surface area (Å²) >= 11 is 0. The first kappa shape index (κ1) is 31.2. The van der Waals surface area contributed by atoms with Gasteiger partial charge in [-0.15, -0.1) is 0 Å². The van der Waals surface area contributed by atoms with Crippen molar-refractivity contribution in [2.75, 3.05) is 0 Å². The fourth-order valence-electron chi connectivity index (χ4n) is 4.65. The predicted octanol–water partition coefficient (Wildman–Crippen LogP) is 10.2. The molecule has 0 aliphatic carbocycles. The summed E-state index contributed by atoms with van der Waals surface area (Å²) in [6, 6.07) is 0. The largest absolute Gasteiger partial charge is 0.481 e. The van der Waals surface area contributed by atoms with Crippen LogP contribution in [0.2, 0.25) is 0 Å². The van der Waals surface area contributed by atoms with Crippen molar-refractivity contribution in [3.63, 3.8) is 0 Å². The minimum Gasteiger partial charge on any atom is -0.481 e. The Labute approximate surface area is 202 Å². The van der Waals surface area contributed by atoms with Crippen LogP contribution in [0, 0.1) is 23.7 Å². The van der Waals surface area contributed by atoms with Crippen LogP contribution in [0.1, 0.15) is 150 Å². The third kappa shape index (κ3) is 23.9.